The molecule has 1 aliphatic carbocycles. The standard InChI is InChI=1S/C22H28F3N3O3S/c1-3-17(29)15-11-32-20-16(22(23,24)25)10-18(27-19(15)20)28-8-6-14(7-9-28)31-21(30)26-12(2)13-4-5-13/h10-14,17,29H,3-9H2,1-2H3,(H,26,30)/t12-,17?/m0/s1. The Hall–Kier alpha value is -2.07. The zero-order chi connectivity index (χ0) is 23.0. The van der Waals surface area contributed by atoms with E-state index in [1.54, 1.807) is 17.2 Å². The van der Waals surface area contributed by atoms with Crippen molar-refractivity contribution in [1.82, 2.24) is 10.3 Å². The van der Waals surface area contributed by atoms with Crippen LogP contribution in [0.25, 0.3) is 10.2 Å². The number of rotatable bonds is 6. The summed E-state index contributed by atoms with van der Waals surface area (Å²) in [5.74, 6) is 0.763. The van der Waals surface area contributed by atoms with Gasteiger partial charge in [0.05, 0.1) is 21.9 Å². The normalized spacial score (nSPS) is 19.8. The summed E-state index contributed by atoms with van der Waals surface area (Å²) in [6, 6.07) is 1.18. The van der Waals surface area contributed by atoms with Crippen molar-refractivity contribution in [3.05, 3.63) is 22.6 Å². The number of nitrogens with one attached hydrogen (secondary N) is 1. The number of hydrogen-bond donors (Lipinski definition) is 2. The number of thiophene rings is 1. The van der Waals surface area contributed by atoms with Gasteiger partial charge in [0, 0.05) is 37.5 Å². The number of carbonyl (C=O) groups excluding carboxylic acids is 1. The Morgan fingerprint density at radius 3 is 2.62 bits per heavy atom. The van der Waals surface area contributed by atoms with Gasteiger partial charge in [-0.25, -0.2) is 9.78 Å². The van der Waals surface area contributed by atoms with Crippen molar-refractivity contribution < 1.29 is 27.8 Å². The lowest BCUT2D eigenvalue weighted by Gasteiger charge is -2.33. The van der Waals surface area contributed by atoms with E-state index in [1.807, 2.05) is 6.92 Å². The Bertz CT molecular complexity index is 968. The largest absolute Gasteiger partial charge is 0.446 e. The minimum absolute atomic E-state index is 0.0448. The number of halogens is 3. The second kappa shape index (κ2) is 9.05. The summed E-state index contributed by atoms with van der Waals surface area (Å²) >= 11 is 0.959. The SMILES string of the molecule is CCC(O)c1csc2c(C(F)(F)F)cc(N3CCC(OC(=O)N[C@@H](C)C4CC4)CC3)nc12. The molecule has 1 aliphatic heterocycles. The summed E-state index contributed by atoms with van der Waals surface area (Å²) in [5.41, 5.74) is -0.0932. The highest BCUT2D eigenvalue weighted by Crippen LogP contribution is 2.42. The van der Waals surface area contributed by atoms with Crippen molar-refractivity contribution in [1.29, 1.82) is 0 Å². The van der Waals surface area contributed by atoms with E-state index in [9.17, 15) is 23.1 Å². The molecular weight excluding hydrogens is 443 g/mol. The molecule has 2 atom stereocenters. The summed E-state index contributed by atoms with van der Waals surface area (Å²) in [6.07, 6.45) is -2.42. The summed E-state index contributed by atoms with van der Waals surface area (Å²) in [6.45, 7) is 4.61. The van der Waals surface area contributed by atoms with Crippen LogP contribution in [0.2, 0.25) is 0 Å². The molecule has 176 valence electrons. The Morgan fingerprint density at radius 2 is 2.03 bits per heavy atom. The Morgan fingerprint density at radius 1 is 1.34 bits per heavy atom. The van der Waals surface area contributed by atoms with E-state index >= 15 is 0 Å². The van der Waals surface area contributed by atoms with E-state index < -0.39 is 23.9 Å². The van der Waals surface area contributed by atoms with Crippen molar-refractivity contribution in [2.75, 3.05) is 18.0 Å². The second-order valence-electron chi connectivity index (χ2n) is 8.68. The molecule has 6 nitrogen and oxygen atoms in total. The highest BCUT2D eigenvalue weighted by Gasteiger charge is 2.36. The summed E-state index contributed by atoms with van der Waals surface area (Å²) in [7, 11) is 0. The molecule has 0 radical (unpaired) electrons. The average Bonchev–Trinajstić information content (AvgIpc) is 3.52. The zero-order valence-electron chi connectivity index (χ0n) is 18.1. The molecule has 2 aromatic heterocycles. The molecule has 1 unspecified atom stereocenters. The lowest BCUT2D eigenvalue weighted by atomic mass is 10.1. The molecule has 2 N–H and O–H groups in total. The van der Waals surface area contributed by atoms with E-state index in [4.69, 9.17) is 4.74 Å². The molecule has 0 aromatic carbocycles. The van der Waals surface area contributed by atoms with Gasteiger partial charge in [-0.15, -0.1) is 11.3 Å². The molecule has 1 amide bonds. The molecule has 10 heteroatoms. The van der Waals surface area contributed by atoms with Gasteiger partial charge in [0.25, 0.3) is 0 Å². The number of hydrogen-bond acceptors (Lipinski definition) is 6. The number of alkyl carbamates (subject to hydrolysis) is 1. The van der Waals surface area contributed by atoms with Gasteiger partial charge in [-0.05, 0) is 43.6 Å². The lowest BCUT2D eigenvalue weighted by molar-refractivity contribution is -0.136. The molecule has 0 bridgehead atoms. The number of alkyl halides is 3. The predicted molar refractivity (Wildman–Crippen MR) is 117 cm³/mol. The average molecular weight is 472 g/mol. The van der Waals surface area contributed by atoms with Crippen molar-refractivity contribution in [3.8, 4) is 0 Å². The number of aromatic nitrogens is 1. The van der Waals surface area contributed by atoms with E-state index in [2.05, 4.69) is 10.3 Å². The third-order valence-electron chi connectivity index (χ3n) is 6.30. The molecular formula is C22H28F3N3O3S. The van der Waals surface area contributed by atoms with E-state index in [0.29, 0.717) is 43.8 Å². The molecule has 0 spiro atoms. The van der Waals surface area contributed by atoms with Gasteiger partial charge in [-0.2, -0.15) is 13.2 Å². The van der Waals surface area contributed by atoms with E-state index in [1.165, 1.54) is 0 Å². The topological polar surface area (TPSA) is 74.7 Å². The van der Waals surface area contributed by atoms with Gasteiger partial charge in [0.1, 0.15) is 11.9 Å². The van der Waals surface area contributed by atoms with Gasteiger partial charge in [0.15, 0.2) is 0 Å². The number of nitrogens with zero attached hydrogens (tertiary/aromatic N) is 2. The fraction of sp³-hybridized carbons (Fsp3) is 0.636. The molecule has 2 fully saturated rings. The minimum Gasteiger partial charge on any atom is -0.446 e. The Labute approximate surface area is 188 Å². The molecule has 3 heterocycles. The highest BCUT2D eigenvalue weighted by molar-refractivity contribution is 7.17. The molecule has 1 saturated carbocycles. The molecule has 32 heavy (non-hydrogen) atoms. The maximum absolute atomic E-state index is 13.8. The maximum atomic E-state index is 13.8. The van der Waals surface area contributed by atoms with E-state index in [-0.39, 0.29) is 28.2 Å². The molecule has 2 aromatic rings. The first-order valence-corrected chi connectivity index (χ1v) is 11.9. The Balaban J connectivity index is 1.48. The van der Waals surface area contributed by atoms with Crippen LogP contribution in [0.15, 0.2) is 11.4 Å². The van der Waals surface area contributed by atoms with Gasteiger partial charge < -0.3 is 20.1 Å². The smallest absolute Gasteiger partial charge is 0.417 e. The lowest BCUT2D eigenvalue weighted by Crippen LogP contribution is -2.42. The van der Waals surface area contributed by atoms with Crippen LogP contribution in [0.5, 0.6) is 0 Å². The summed E-state index contributed by atoms with van der Waals surface area (Å²) < 4.78 is 46.8. The van der Waals surface area contributed by atoms with Crippen molar-refractivity contribution in [2.45, 2.75) is 70.4 Å². The first-order chi connectivity index (χ1) is 15.2. The van der Waals surface area contributed by atoms with Crippen LogP contribution in [0, 0.1) is 5.92 Å². The van der Waals surface area contributed by atoms with Crippen LogP contribution in [-0.2, 0) is 10.9 Å². The van der Waals surface area contributed by atoms with Gasteiger partial charge in [-0.1, -0.05) is 6.92 Å². The highest BCUT2D eigenvalue weighted by atomic mass is 32.1. The van der Waals surface area contributed by atoms with Crippen molar-refractivity contribution in [3.63, 3.8) is 0 Å². The third-order valence-corrected chi connectivity index (χ3v) is 7.32. The number of amides is 1. The number of pyridine rings is 1. The zero-order valence-corrected chi connectivity index (χ0v) is 18.9. The molecule has 4 rings (SSSR count). The van der Waals surface area contributed by atoms with Crippen LogP contribution in [0.3, 0.4) is 0 Å². The number of aliphatic hydroxyl groups is 1. The number of carbonyl (C=O) groups is 1. The minimum atomic E-state index is -4.52. The fourth-order valence-electron chi connectivity index (χ4n) is 4.13. The van der Waals surface area contributed by atoms with Crippen LogP contribution < -0.4 is 10.2 Å². The second-order valence-corrected chi connectivity index (χ2v) is 9.56. The Kier molecular flexibility index (Phi) is 6.53. The molecule has 2 aliphatic rings. The third kappa shape index (κ3) is 4.96. The van der Waals surface area contributed by atoms with E-state index in [0.717, 1.165) is 30.2 Å². The summed E-state index contributed by atoms with van der Waals surface area (Å²) in [5, 5.41) is 14.7. The van der Waals surface area contributed by atoms with Crippen LogP contribution >= 0.6 is 11.3 Å². The maximum Gasteiger partial charge on any atom is 0.417 e. The number of aliphatic hydroxyl groups excluding tert-OH is 1. The monoisotopic (exact) mass is 471 g/mol. The first kappa shape index (κ1) is 23.1. The van der Waals surface area contributed by atoms with Crippen LogP contribution in [0.4, 0.5) is 23.8 Å². The number of anilines is 1. The first-order valence-electron chi connectivity index (χ1n) is 11.1. The number of fused-ring (bicyclic) bond motifs is 1. The van der Waals surface area contributed by atoms with Crippen molar-refractivity contribution >= 4 is 33.5 Å². The number of ether oxygens (including phenoxy) is 1. The fourth-order valence-corrected chi connectivity index (χ4v) is 5.22. The van der Waals surface area contributed by atoms with Gasteiger partial charge >= 0.3 is 12.3 Å². The predicted octanol–water partition coefficient (Wildman–Crippen LogP) is 5.25. The van der Waals surface area contributed by atoms with Crippen LogP contribution in [0.1, 0.15) is 63.2 Å². The summed E-state index contributed by atoms with van der Waals surface area (Å²) in [4.78, 5) is 18.4. The van der Waals surface area contributed by atoms with Crippen molar-refractivity contribution in [2.24, 2.45) is 5.92 Å². The van der Waals surface area contributed by atoms with Gasteiger partial charge in [-0.3, -0.25) is 0 Å². The quantitative estimate of drug-likeness (QED) is 0.602. The molecule has 1 saturated heterocycles. The number of piperidine rings is 1. The van der Waals surface area contributed by atoms with Gasteiger partial charge in [0.2, 0.25) is 0 Å². The van der Waals surface area contributed by atoms with Crippen LogP contribution in [-0.4, -0.2) is 41.4 Å².